The minimum absolute atomic E-state index is 0.127. The van der Waals surface area contributed by atoms with Crippen molar-refractivity contribution in [2.45, 2.75) is 37.0 Å². The number of ether oxygens (including phenoxy) is 1. The maximum atomic E-state index is 12.4. The number of hydrogen-bond acceptors (Lipinski definition) is 5. The first-order valence-corrected chi connectivity index (χ1v) is 10.3. The molecule has 1 amide bonds. The van der Waals surface area contributed by atoms with Gasteiger partial charge in [0.25, 0.3) is 0 Å². The Balaban J connectivity index is 1.80. The molecule has 3 aromatic rings. The van der Waals surface area contributed by atoms with Crippen LogP contribution in [0, 0.1) is 6.92 Å². The Morgan fingerprint density at radius 3 is 2.48 bits per heavy atom. The number of halogens is 3. The van der Waals surface area contributed by atoms with Gasteiger partial charge in [0.05, 0.1) is 5.25 Å². The minimum atomic E-state index is -4.47. The molecule has 6 nitrogen and oxygen atoms in total. The van der Waals surface area contributed by atoms with Crippen LogP contribution >= 0.6 is 11.8 Å². The number of nitrogens with zero attached hydrogens (tertiary/aromatic N) is 3. The Morgan fingerprint density at radius 1 is 1.13 bits per heavy atom. The summed E-state index contributed by atoms with van der Waals surface area (Å²) in [5.41, 5.74) is 1.72. The smallest absolute Gasteiger partial charge is 0.405 e. The van der Waals surface area contributed by atoms with Crippen LogP contribution in [0.15, 0.2) is 59.8 Å². The van der Waals surface area contributed by atoms with Crippen LogP contribution in [-0.2, 0) is 11.4 Å². The zero-order valence-electron chi connectivity index (χ0n) is 16.9. The minimum Gasteiger partial charge on any atom is -0.485 e. The zero-order valence-corrected chi connectivity index (χ0v) is 17.7. The highest BCUT2D eigenvalue weighted by Gasteiger charge is 2.29. The van der Waals surface area contributed by atoms with Crippen LogP contribution in [0.25, 0.3) is 5.69 Å². The number of thioether (sulfide) groups is 1. The van der Waals surface area contributed by atoms with E-state index in [0.29, 0.717) is 16.7 Å². The number of rotatable bonds is 8. The van der Waals surface area contributed by atoms with Crippen molar-refractivity contribution >= 4 is 17.7 Å². The van der Waals surface area contributed by atoms with Gasteiger partial charge in [-0.15, -0.1) is 10.2 Å². The molecule has 1 aromatic heterocycles. The fourth-order valence-corrected chi connectivity index (χ4v) is 3.62. The molecule has 1 N–H and O–H groups in total. The number of alkyl halides is 3. The number of nitrogens with one attached hydrogen (secondary N) is 1. The fraction of sp³-hybridized carbons (Fsp3) is 0.286. The summed E-state index contributed by atoms with van der Waals surface area (Å²) in [7, 11) is 0. The summed E-state index contributed by atoms with van der Waals surface area (Å²) in [6.07, 6.45) is -4.47. The highest BCUT2D eigenvalue weighted by molar-refractivity contribution is 8.00. The van der Waals surface area contributed by atoms with Crippen molar-refractivity contribution in [1.29, 1.82) is 0 Å². The maximum Gasteiger partial charge on any atom is 0.405 e. The van der Waals surface area contributed by atoms with Crippen molar-refractivity contribution in [2.75, 3.05) is 6.54 Å². The molecule has 2 aromatic carbocycles. The second-order valence-electron chi connectivity index (χ2n) is 6.72. The van der Waals surface area contributed by atoms with Gasteiger partial charge in [-0.2, -0.15) is 13.2 Å². The fourth-order valence-electron chi connectivity index (χ4n) is 2.71. The molecule has 0 radical (unpaired) electrons. The lowest BCUT2D eigenvalue weighted by atomic mass is 10.2. The van der Waals surface area contributed by atoms with Gasteiger partial charge in [-0.25, -0.2) is 0 Å². The third kappa shape index (κ3) is 6.24. The van der Waals surface area contributed by atoms with Crippen molar-refractivity contribution in [1.82, 2.24) is 20.1 Å². The van der Waals surface area contributed by atoms with E-state index in [1.165, 1.54) is 6.92 Å². The SMILES string of the molecule is Cc1ccccc1OCc1nnc(SC(C)C(=O)NCC(F)(F)F)n1-c1ccccc1. The number of aryl methyl sites for hydroxylation is 1. The van der Waals surface area contributed by atoms with Gasteiger partial charge in [0.2, 0.25) is 5.91 Å². The van der Waals surface area contributed by atoms with Crippen LogP contribution in [0.1, 0.15) is 18.3 Å². The highest BCUT2D eigenvalue weighted by atomic mass is 32.2. The van der Waals surface area contributed by atoms with Gasteiger partial charge in [0, 0.05) is 5.69 Å². The molecular formula is C21H21F3N4O2S. The summed E-state index contributed by atoms with van der Waals surface area (Å²) in [4.78, 5) is 12.1. The Hall–Kier alpha value is -3.01. The summed E-state index contributed by atoms with van der Waals surface area (Å²) in [6.45, 7) is 2.20. The number of carbonyl (C=O) groups is 1. The third-order valence-corrected chi connectivity index (χ3v) is 5.32. The normalized spacial score (nSPS) is 12.4. The van der Waals surface area contributed by atoms with Crippen molar-refractivity contribution in [2.24, 2.45) is 0 Å². The van der Waals surface area contributed by atoms with Crippen molar-refractivity contribution in [3.8, 4) is 11.4 Å². The Bertz CT molecular complexity index is 1020. The van der Waals surface area contributed by atoms with Crippen LogP contribution in [0.3, 0.4) is 0 Å². The zero-order chi connectivity index (χ0) is 22.4. The summed E-state index contributed by atoms with van der Waals surface area (Å²) in [5.74, 6) is 0.474. The second kappa shape index (κ2) is 9.86. The molecule has 0 fully saturated rings. The van der Waals surface area contributed by atoms with Crippen LogP contribution in [0.4, 0.5) is 13.2 Å². The molecule has 0 saturated carbocycles. The van der Waals surface area contributed by atoms with Gasteiger partial charge < -0.3 is 10.1 Å². The van der Waals surface area contributed by atoms with Crippen LogP contribution in [0.5, 0.6) is 5.75 Å². The molecule has 0 spiro atoms. The van der Waals surface area contributed by atoms with Crippen LogP contribution in [-0.4, -0.2) is 38.6 Å². The predicted octanol–water partition coefficient (Wildman–Crippen LogP) is 4.31. The average Bonchev–Trinajstić information content (AvgIpc) is 3.13. The molecular weight excluding hydrogens is 429 g/mol. The van der Waals surface area contributed by atoms with Gasteiger partial charge in [0.1, 0.15) is 18.9 Å². The molecule has 0 bridgehead atoms. The van der Waals surface area contributed by atoms with Gasteiger partial charge in [-0.05, 0) is 37.6 Å². The van der Waals surface area contributed by atoms with E-state index in [0.717, 1.165) is 23.0 Å². The van der Waals surface area contributed by atoms with E-state index >= 15 is 0 Å². The summed E-state index contributed by atoms with van der Waals surface area (Å²) in [6, 6.07) is 16.8. The molecule has 3 rings (SSSR count). The van der Waals surface area contributed by atoms with Gasteiger partial charge in [-0.3, -0.25) is 9.36 Å². The highest BCUT2D eigenvalue weighted by Crippen LogP contribution is 2.27. The molecule has 0 aliphatic carbocycles. The number of benzene rings is 2. The monoisotopic (exact) mass is 450 g/mol. The number of hydrogen-bond donors (Lipinski definition) is 1. The van der Waals surface area contributed by atoms with Crippen molar-refractivity contribution < 1.29 is 22.7 Å². The van der Waals surface area contributed by atoms with Crippen LogP contribution < -0.4 is 10.1 Å². The van der Waals surface area contributed by atoms with E-state index in [4.69, 9.17) is 4.74 Å². The quantitative estimate of drug-likeness (QED) is 0.518. The Morgan fingerprint density at radius 2 is 1.81 bits per heavy atom. The number of amides is 1. The standard InChI is InChI=1S/C21H21F3N4O2S/c1-14-8-6-7-11-17(14)30-12-18-26-27-20(28(18)16-9-4-3-5-10-16)31-15(2)19(29)25-13-21(22,23)24/h3-11,15H,12-13H2,1-2H3,(H,25,29). The van der Waals surface area contributed by atoms with E-state index in [-0.39, 0.29) is 6.61 Å². The molecule has 1 heterocycles. The molecule has 10 heteroatoms. The van der Waals surface area contributed by atoms with Gasteiger partial charge in [0.15, 0.2) is 11.0 Å². The Kier molecular flexibility index (Phi) is 7.21. The second-order valence-corrected chi connectivity index (χ2v) is 8.02. The lowest BCUT2D eigenvalue weighted by molar-refractivity contribution is -0.137. The molecule has 31 heavy (non-hydrogen) atoms. The van der Waals surface area contributed by atoms with E-state index in [2.05, 4.69) is 10.2 Å². The summed E-state index contributed by atoms with van der Waals surface area (Å²) < 4.78 is 44.8. The van der Waals surface area contributed by atoms with E-state index < -0.39 is 23.9 Å². The third-order valence-electron chi connectivity index (χ3n) is 4.28. The van der Waals surface area contributed by atoms with Crippen LogP contribution in [0.2, 0.25) is 0 Å². The molecule has 0 aliphatic rings. The predicted molar refractivity (Wildman–Crippen MR) is 111 cm³/mol. The molecule has 0 saturated heterocycles. The van der Waals surface area contributed by atoms with Gasteiger partial charge in [-0.1, -0.05) is 48.2 Å². The molecule has 164 valence electrons. The molecule has 1 atom stereocenters. The van der Waals surface area contributed by atoms with Crippen molar-refractivity contribution in [3.05, 3.63) is 66.0 Å². The van der Waals surface area contributed by atoms with E-state index in [9.17, 15) is 18.0 Å². The topological polar surface area (TPSA) is 69.0 Å². The largest absolute Gasteiger partial charge is 0.485 e. The maximum absolute atomic E-state index is 12.4. The first-order valence-electron chi connectivity index (χ1n) is 9.44. The first kappa shape index (κ1) is 22.7. The lowest BCUT2D eigenvalue weighted by Gasteiger charge is -2.15. The molecule has 0 aliphatic heterocycles. The number of aromatic nitrogens is 3. The summed E-state index contributed by atoms with van der Waals surface area (Å²) >= 11 is 1.02. The number of carbonyl (C=O) groups excluding carboxylic acids is 1. The average molecular weight is 450 g/mol. The van der Waals surface area contributed by atoms with Gasteiger partial charge >= 0.3 is 6.18 Å². The van der Waals surface area contributed by atoms with E-state index in [1.807, 2.05) is 66.8 Å². The van der Waals surface area contributed by atoms with Crippen molar-refractivity contribution in [3.63, 3.8) is 0 Å². The lowest BCUT2D eigenvalue weighted by Crippen LogP contribution is -2.38. The summed E-state index contributed by atoms with van der Waals surface area (Å²) in [5, 5.41) is 9.81. The van der Waals surface area contributed by atoms with E-state index in [1.54, 1.807) is 4.57 Å². The molecule has 1 unspecified atom stereocenters. The first-order chi connectivity index (χ1) is 14.7. The Labute approximate surface area is 181 Å². The number of para-hydroxylation sites is 2.